The van der Waals surface area contributed by atoms with Gasteiger partial charge in [-0.1, -0.05) is 30.3 Å². The molecule has 1 aromatic rings. The van der Waals surface area contributed by atoms with Gasteiger partial charge in [0.15, 0.2) is 6.29 Å². The summed E-state index contributed by atoms with van der Waals surface area (Å²) in [5, 5.41) is 30.0. The Morgan fingerprint density at radius 1 is 1.24 bits per heavy atom. The molecule has 1 aromatic carbocycles. The second kappa shape index (κ2) is 7.82. The molecule has 1 aliphatic heterocycles. The molecule has 21 heavy (non-hydrogen) atoms. The summed E-state index contributed by atoms with van der Waals surface area (Å²) in [6.07, 6.45) is -3.74. The average molecular weight is 424 g/mol. The summed E-state index contributed by atoms with van der Waals surface area (Å²) >= 11 is 6.22. The maximum absolute atomic E-state index is 10.1. The first-order valence-electron chi connectivity index (χ1n) is 6.38. The SMILES string of the molecule is O[C@@H]([C@@H]1OC(c2ccccc2)OC[C@H]1O)[C@@H](O)C=C(Br)Br. The minimum atomic E-state index is -1.28. The van der Waals surface area contributed by atoms with E-state index in [0.29, 0.717) is 3.39 Å². The standard InChI is InChI=1S/C14H16Br2O5/c15-11(16)6-9(17)12(19)13-10(18)7-20-14(21-13)8-4-2-1-3-5-8/h1-6,9-10,12-14,17-19H,7H2/t9-,10+,12+,13+,14?/m0/s1. The fourth-order valence-electron chi connectivity index (χ4n) is 2.07. The summed E-state index contributed by atoms with van der Waals surface area (Å²) in [4.78, 5) is 0. The molecule has 1 unspecified atom stereocenters. The van der Waals surface area contributed by atoms with Crippen molar-refractivity contribution in [3.8, 4) is 0 Å². The summed E-state index contributed by atoms with van der Waals surface area (Å²) in [7, 11) is 0. The topological polar surface area (TPSA) is 79.2 Å². The third kappa shape index (κ3) is 4.59. The van der Waals surface area contributed by atoms with Crippen molar-refractivity contribution in [1.82, 2.24) is 0 Å². The molecule has 0 radical (unpaired) electrons. The highest BCUT2D eigenvalue weighted by molar-refractivity contribution is 9.28. The van der Waals surface area contributed by atoms with E-state index >= 15 is 0 Å². The molecule has 5 nitrogen and oxygen atoms in total. The van der Waals surface area contributed by atoms with E-state index in [1.807, 2.05) is 30.3 Å². The van der Waals surface area contributed by atoms with Crippen molar-refractivity contribution in [2.75, 3.05) is 6.61 Å². The van der Waals surface area contributed by atoms with Crippen LogP contribution in [0.2, 0.25) is 0 Å². The number of halogens is 2. The molecule has 116 valence electrons. The van der Waals surface area contributed by atoms with Crippen LogP contribution in [0.3, 0.4) is 0 Å². The molecular weight excluding hydrogens is 408 g/mol. The molecule has 0 aliphatic carbocycles. The smallest absolute Gasteiger partial charge is 0.184 e. The first-order valence-corrected chi connectivity index (χ1v) is 7.96. The molecule has 7 heteroatoms. The zero-order valence-corrected chi connectivity index (χ0v) is 14.1. The lowest BCUT2D eigenvalue weighted by molar-refractivity contribution is -0.281. The number of hydrogen-bond acceptors (Lipinski definition) is 5. The van der Waals surface area contributed by atoms with E-state index < -0.39 is 30.7 Å². The minimum absolute atomic E-state index is 0.0210. The van der Waals surface area contributed by atoms with E-state index in [0.717, 1.165) is 5.56 Å². The van der Waals surface area contributed by atoms with Gasteiger partial charge in [0.1, 0.15) is 24.4 Å². The highest BCUT2D eigenvalue weighted by Gasteiger charge is 2.38. The van der Waals surface area contributed by atoms with Crippen LogP contribution >= 0.6 is 31.9 Å². The van der Waals surface area contributed by atoms with Gasteiger partial charge in [-0.3, -0.25) is 0 Å². The number of ether oxygens (including phenoxy) is 2. The molecule has 1 heterocycles. The van der Waals surface area contributed by atoms with E-state index in [1.54, 1.807) is 0 Å². The van der Waals surface area contributed by atoms with Crippen LogP contribution in [-0.2, 0) is 9.47 Å². The zero-order chi connectivity index (χ0) is 15.4. The Morgan fingerprint density at radius 2 is 1.90 bits per heavy atom. The molecule has 0 aromatic heterocycles. The molecule has 1 saturated heterocycles. The molecule has 0 amide bonds. The van der Waals surface area contributed by atoms with Crippen LogP contribution in [0.1, 0.15) is 11.9 Å². The molecule has 1 aliphatic rings. The van der Waals surface area contributed by atoms with Crippen molar-refractivity contribution < 1.29 is 24.8 Å². The van der Waals surface area contributed by atoms with Crippen LogP contribution in [0.25, 0.3) is 0 Å². The summed E-state index contributed by atoms with van der Waals surface area (Å²) in [6.45, 7) is 0.0210. The van der Waals surface area contributed by atoms with Gasteiger partial charge in [-0.25, -0.2) is 0 Å². The molecule has 0 bridgehead atoms. The van der Waals surface area contributed by atoms with Gasteiger partial charge in [0.2, 0.25) is 0 Å². The molecule has 0 saturated carbocycles. The largest absolute Gasteiger partial charge is 0.388 e. The van der Waals surface area contributed by atoms with Crippen molar-refractivity contribution in [3.05, 3.63) is 45.4 Å². The summed E-state index contributed by atoms with van der Waals surface area (Å²) in [6, 6.07) is 9.22. The molecule has 3 N–H and O–H groups in total. The number of rotatable bonds is 4. The molecule has 5 atom stereocenters. The first-order chi connectivity index (χ1) is 9.99. The Bertz CT molecular complexity index is 478. The predicted octanol–water partition coefficient (Wildman–Crippen LogP) is 1.81. The monoisotopic (exact) mass is 422 g/mol. The van der Waals surface area contributed by atoms with Crippen LogP contribution < -0.4 is 0 Å². The summed E-state index contributed by atoms with van der Waals surface area (Å²) in [5.41, 5.74) is 0.785. The Hall–Kier alpha value is -0.280. The summed E-state index contributed by atoms with van der Waals surface area (Å²) < 4.78 is 11.5. The second-order valence-electron chi connectivity index (χ2n) is 4.68. The second-order valence-corrected chi connectivity index (χ2v) is 7.45. The molecule has 2 rings (SSSR count). The minimum Gasteiger partial charge on any atom is -0.388 e. The number of hydrogen-bond donors (Lipinski definition) is 3. The van der Waals surface area contributed by atoms with Crippen LogP contribution in [0, 0.1) is 0 Å². The van der Waals surface area contributed by atoms with Crippen LogP contribution in [0.15, 0.2) is 39.8 Å². The van der Waals surface area contributed by atoms with Crippen molar-refractivity contribution >= 4 is 31.9 Å². The van der Waals surface area contributed by atoms with Gasteiger partial charge in [-0.05, 0) is 37.9 Å². The Kier molecular flexibility index (Phi) is 6.36. The van der Waals surface area contributed by atoms with Gasteiger partial charge in [0.25, 0.3) is 0 Å². The highest BCUT2D eigenvalue weighted by atomic mass is 79.9. The fraction of sp³-hybridized carbons (Fsp3) is 0.429. The Labute approximate surface area is 139 Å². The number of aliphatic hydroxyl groups excluding tert-OH is 3. The zero-order valence-electron chi connectivity index (χ0n) is 11.0. The highest BCUT2D eigenvalue weighted by Crippen LogP contribution is 2.29. The molecule has 1 fully saturated rings. The van der Waals surface area contributed by atoms with E-state index in [2.05, 4.69) is 31.9 Å². The first kappa shape index (κ1) is 17.1. The van der Waals surface area contributed by atoms with Crippen molar-refractivity contribution in [3.63, 3.8) is 0 Å². The lowest BCUT2D eigenvalue weighted by atomic mass is 10.0. The molecule has 0 spiro atoms. The third-order valence-corrected chi connectivity index (χ3v) is 3.66. The summed E-state index contributed by atoms with van der Waals surface area (Å²) in [5.74, 6) is 0. The van der Waals surface area contributed by atoms with Crippen LogP contribution in [-0.4, -0.2) is 46.3 Å². The Balaban J connectivity index is 2.09. The van der Waals surface area contributed by atoms with Gasteiger partial charge >= 0.3 is 0 Å². The van der Waals surface area contributed by atoms with Gasteiger partial charge < -0.3 is 24.8 Å². The van der Waals surface area contributed by atoms with E-state index in [9.17, 15) is 15.3 Å². The van der Waals surface area contributed by atoms with Crippen molar-refractivity contribution in [1.29, 1.82) is 0 Å². The quantitative estimate of drug-likeness (QED) is 0.688. The molecular formula is C14H16Br2O5. The average Bonchev–Trinajstić information content (AvgIpc) is 2.47. The van der Waals surface area contributed by atoms with Crippen molar-refractivity contribution in [2.24, 2.45) is 0 Å². The third-order valence-electron chi connectivity index (χ3n) is 3.13. The van der Waals surface area contributed by atoms with Gasteiger partial charge in [0.05, 0.1) is 10.00 Å². The van der Waals surface area contributed by atoms with Gasteiger partial charge in [-0.15, -0.1) is 0 Å². The lowest BCUT2D eigenvalue weighted by Crippen LogP contribution is -2.51. The van der Waals surface area contributed by atoms with Crippen molar-refractivity contribution in [2.45, 2.75) is 30.7 Å². The van der Waals surface area contributed by atoms with Crippen LogP contribution in [0.4, 0.5) is 0 Å². The van der Waals surface area contributed by atoms with Crippen LogP contribution in [0.5, 0.6) is 0 Å². The number of benzene rings is 1. The normalized spacial score (nSPS) is 28.7. The van der Waals surface area contributed by atoms with E-state index in [1.165, 1.54) is 6.08 Å². The Morgan fingerprint density at radius 3 is 2.52 bits per heavy atom. The predicted molar refractivity (Wildman–Crippen MR) is 84.0 cm³/mol. The lowest BCUT2D eigenvalue weighted by Gasteiger charge is -2.37. The van der Waals surface area contributed by atoms with E-state index in [-0.39, 0.29) is 6.61 Å². The van der Waals surface area contributed by atoms with Gasteiger partial charge in [0, 0.05) is 5.56 Å². The fourth-order valence-corrected chi connectivity index (χ4v) is 2.61. The van der Waals surface area contributed by atoms with Gasteiger partial charge in [-0.2, -0.15) is 0 Å². The maximum Gasteiger partial charge on any atom is 0.184 e. The van der Waals surface area contributed by atoms with E-state index in [4.69, 9.17) is 9.47 Å². The number of aliphatic hydroxyl groups is 3. The maximum atomic E-state index is 10.1.